The predicted octanol–water partition coefficient (Wildman–Crippen LogP) is 4.75. The highest BCUT2D eigenvalue weighted by molar-refractivity contribution is 5.95. The van der Waals surface area contributed by atoms with Gasteiger partial charge in [-0.15, -0.1) is 0 Å². The second kappa shape index (κ2) is 11.8. The van der Waals surface area contributed by atoms with Crippen LogP contribution in [-0.4, -0.2) is 35.9 Å². The van der Waals surface area contributed by atoms with Gasteiger partial charge in [-0.05, 0) is 75.2 Å². The van der Waals surface area contributed by atoms with Gasteiger partial charge in [-0.3, -0.25) is 9.59 Å². The molecule has 34 heavy (non-hydrogen) atoms. The highest BCUT2D eigenvalue weighted by Crippen LogP contribution is 2.20. The Hall–Kier alpha value is -3.87. The van der Waals surface area contributed by atoms with Crippen molar-refractivity contribution in [2.24, 2.45) is 5.10 Å². The van der Waals surface area contributed by atoms with Crippen molar-refractivity contribution in [2.45, 2.75) is 40.5 Å². The Morgan fingerprint density at radius 3 is 2.38 bits per heavy atom. The van der Waals surface area contributed by atoms with Crippen LogP contribution < -0.4 is 10.2 Å². The number of hydrogen-bond acceptors (Lipinski definition) is 5. The molecule has 0 aliphatic rings. The molecule has 1 N–H and O–H groups in total. The van der Waals surface area contributed by atoms with Crippen LogP contribution in [0.15, 0.2) is 59.7 Å². The Morgan fingerprint density at radius 1 is 1.03 bits per heavy atom. The van der Waals surface area contributed by atoms with Gasteiger partial charge in [0.2, 0.25) is 0 Å². The van der Waals surface area contributed by atoms with Crippen molar-refractivity contribution >= 4 is 18.1 Å². The maximum atomic E-state index is 12.4. The van der Waals surface area contributed by atoms with E-state index in [9.17, 15) is 9.59 Å². The molecule has 7 heteroatoms. The second-order valence-corrected chi connectivity index (χ2v) is 7.88. The van der Waals surface area contributed by atoms with Gasteiger partial charge in [0.25, 0.3) is 5.91 Å². The van der Waals surface area contributed by atoms with E-state index in [4.69, 9.17) is 9.47 Å². The van der Waals surface area contributed by atoms with Crippen LogP contribution in [-0.2, 0) is 16.0 Å². The largest absolute Gasteiger partial charge is 0.494 e. The average Bonchev–Trinajstić information content (AvgIpc) is 3.11. The first kappa shape index (κ1) is 24.8. The summed E-state index contributed by atoms with van der Waals surface area (Å²) < 4.78 is 12.7. The monoisotopic (exact) mass is 461 g/mol. The lowest BCUT2D eigenvalue weighted by Gasteiger charge is -2.10. The third-order valence-electron chi connectivity index (χ3n) is 5.28. The molecule has 0 aliphatic heterocycles. The molecule has 0 bridgehead atoms. The highest BCUT2D eigenvalue weighted by Gasteiger charge is 2.11. The first-order valence-electron chi connectivity index (χ1n) is 11.4. The minimum Gasteiger partial charge on any atom is -0.494 e. The smallest absolute Gasteiger partial charge is 0.310 e. The minimum atomic E-state index is -0.288. The zero-order valence-corrected chi connectivity index (χ0v) is 20.1. The Labute approximate surface area is 200 Å². The maximum Gasteiger partial charge on any atom is 0.310 e. The number of carbonyl (C=O) groups is 2. The fraction of sp³-hybridized carbons (Fsp3) is 0.296. The van der Waals surface area contributed by atoms with Crippen molar-refractivity contribution in [3.8, 4) is 11.4 Å². The van der Waals surface area contributed by atoms with Crippen LogP contribution in [0, 0.1) is 13.8 Å². The maximum absolute atomic E-state index is 12.4. The third kappa shape index (κ3) is 6.34. The molecular weight excluding hydrogens is 430 g/mol. The molecule has 1 heterocycles. The van der Waals surface area contributed by atoms with E-state index in [2.05, 4.69) is 15.1 Å². The summed E-state index contributed by atoms with van der Waals surface area (Å²) in [6, 6.07) is 16.8. The number of nitrogens with zero attached hydrogens (tertiary/aromatic N) is 2. The van der Waals surface area contributed by atoms with Crippen molar-refractivity contribution in [1.82, 2.24) is 9.99 Å². The van der Waals surface area contributed by atoms with E-state index in [1.807, 2.05) is 51.1 Å². The van der Waals surface area contributed by atoms with Crippen LogP contribution in [0.5, 0.6) is 5.75 Å². The number of aromatic nitrogens is 1. The van der Waals surface area contributed by atoms with E-state index in [-0.39, 0.29) is 18.3 Å². The first-order valence-corrected chi connectivity index (χ1v) is 11.4. The molecule has 0 saturated carbocycles. The molecule has 0 spiro atoms. The summed E-state index contributed by atoms with van der Waals surface area (Å²) >= 11 is 0. The van der Waals surface area contributed by atoms with E-state index in [0.717, 1.165) is 40.4 Å². The Balaban J connectivity index is 1.65. The molecule has 3 aromatic rings. The Bertz CT molecular complexity index is 1150. The van der Waals surface area contributed by atoms with Gasteiger partial charge < -0.3 is 14.0 Å². The summed E-state index contributed by atoms with van der Waals surface area (Å²) in [4.78, 5) is 24.1. The lowest BCUT2D eigenvalue weighted by molar-refractivity contribution is -0.142. The second-order valence-electron chi connectivity index (χ2n) is 7.88. The highest BCUT2D eigenvalue weighted by atomic mass is 16.5. The standard InChI is InChI=1S/C27H31N3O4/c1-5-15-34-25-13-9-22(10-14-25)27(32)29-28-18-23-16-19(3)30(20(23)4)24-11-7-21(8-12-24)17-26(31)33-6-2/h7-14,16,18H,5-6,15,17H2,1-4H3,(H,29,32)/b28-18+. The zero-order chi connectivity index (χ0) is 24.5. The molecule has 3 rings (SSSR count). The van der Waals surface area contributed by atoms with Crippen molar-refractivity contribution in [2.75, 3.05) is 13.2 Å². The van der Waals surface area contributed by atoms with Crippen LogP contribution in [0.3, 0.4) is 0 Å². The topological polar surface area (TPSA) is 81.9 Å². The van der Waals surface area contributed by atoms with Crippen molar-refractivity contribution in [3.05, 3.63) is 82.7 Å². The minimum absolute atomic E-state index is 0.232. The number of ether oxygens (including phenoxy) is 2. The lowest BCUT2D eigenvalue weighted by Crippen LogP contribution is -2.17. The zero-order valence-electron chi connectivity index (χ0n) is 20.1. The number of hydrogen-bond donors (Lipinski definition) is 1. The number of carbonyl (C=O) groups excluding carboxylic acids is 2. The van der Waals surface area contributed by atoms with Gasteiger partial charge in [0.1, 0.15) is 5.75 Å². The third-order valence-corrected chi connectivity index (χ3v) is 5.28. The average molecular weight is 462 g/mol. The van der Waals surface area contributed by atoms with E-state index >= 15 is 0 Å². The quantitative estimate of drug-likeness (QED) is 0.268. The summed E-state index contributed by atoms with van der Waals surface area (Å²) in [6.07, 6.45) is 2.83. The number of aryl methyl sites for hydroxylation is 1. The van der Waals surface area contributed by atoms with E-state index < -0.39 is 0 Å². The SMILES string of the molecule is CCCOc1ccc(C(=O)N/N=C/c2cc(C)n(-c3ccc(CC(=O)OCC)cc3)c2C)cc1. The first-order chi connectivity index (χ1) is 16.4. The molecule has 0 saturated heterocycles. The van der Waals surface area contributed by atoms with Gasteiger partial charge in [-0.2, -0.15) is 5.10 Å². The molecule has 178 valence electrons. The molecule has 7 nitrogen and oxygen atoms in total. The normalized spacial score (nSPS) is 10.9. The number of hydrazone groups is 1. The van der Waals surface area contributed by atoms with Gasteiger partial charge >= 0.3 is 5.97 Å². The van der Waals surface area contributed by atoms with E-state index in [1.165, 1.54) is 0 Å². The fourth-order valence-electron chi connectivity index (χ4n) is 3.60. The number of esters is 1. The van der Waals surface area contributed by atoms with Gasteiger partial charge in [0, 0.05) is 28.2 Å². The molecule has 0 radical (unpaired) electrons. The molecule has 0 aliphatic carbocycles. The molecule has 0 unspecified atom stereocenters. The van der Waals surface area contributed by atoms with Crippen LogP contribution in [0.2, 0.25) is 0 Å². The molecular formula is C27H31N3O4. The fourth-order valence-corrected chi connectivity index (χ4v) is 3.60. The van der Waals surface area contributed by atoms with Gasteiger partial charge in [0.05, 0.1) is 25.8 Å². The Kier molecular flexibility index (Phi) is 8.62. The van der Waals surface area contributed by atoms with Crippen LogP contribution >= 0.6 is 0 Å². The molecule has 0 atom stereocenters. The van der Waals surface area contributed by atoms with E-state index in [0.29, 0.717) is 18.8 Å². The molecule has 0 fully saturated rings. The number of rotatable bonds is 10. The van der Waals surface area contributed by atoms with Crippen LogP contribution in [0.25, 0.3) is 5.69 Å². The predicted molar refractivity (Wildman–Crippen MR) is 133 cm³/mol. The molecule has 1 aromatic heterocycles. The van der Waals surface area contributed by atoms with Crippen molar-refractivity contribution < 1.29 is 19.1 Å². The van der Waals surface area contributed by atoms with E-state index in [1.54, 1.807) is 37.4 Å². The summed E-state index contributed by atoms with van der Waals surface area (Å²) in [7, 11) is 0. The van der Waals surface area contributed by atoms with Gasteiger partial charge in [-0.1, -0.05) is 19.1 Å². The summed E-state index contributed by atoms with van der Waals surface area (Å²) in [5.41, 5.74) is 7.90. The number of nitrogens with one attached hydrogen (secondary N) is 1. The van der Waals surface area contributed by atoms with Gasteiger partial charge in [0.15, 0.2) is 0 Å². The molecule has 1 amide bonds. The lowest BCUT2D eigenvalue weighted by atomic mass is 10.1. The van der Waals surface area contributed by atoms with Crippen LogP contribution in [0.1, 0.15) is 53.1 Å². The molecule has 2 aromatic carbocycles. The summed E-state index contributed by atoms with van der Waals surface area (Å²) in [5.74, 6) is 0.220. The number of benzene rings is 2. The van der Waals surface area contributed by atoms with Crippen molar-refractivity contribution in [3.63, 3.8) is 0 Å². The summed E-state index contributed by atoms with van der Waals surface area (Å²) in [5, 5.41) is 4.14. The Morgan fingerprint density at radius 2 is 1.74 bits per heavy atom. The summed E-state index contributed by atoms with van der Waals surface area (Å²) in [6.45, 7) is 8.87. The van der Waals surface area contributed by atoms with Crippen molar-refractivity contribution in [1.29, 1.82) is 0 Å². The number of amides is 1. The van der Waals surface area contributed by atoms with Crippen LogP contribution in [0.4, 0.5) is 0 Å². The van der Waals surface area contributed by atoms with Gasteiger partial charge in [-0.25, -0.2) is 5.43 Å².